The van der Waals surface area contributed by atoms with Crippen LogP contribution >= 0.6 is 0 Å². The molecule has 1 aliphatic rings. The molecule has 1 nitrogen and oxygen atoms in total. The number of hydrogen-bond donors (Lipinski definition) is 0. The molecular formula is C15H24O. The van der Waals surface area contributed by atoms with Gasteiger partial charge in [0, 0.05) is 5.92 Å². The molecule has 0 aromatic rings. The Morgan fingerprint density at radius 3 is 2.75 bits per heavy atom. The maximum atomic E-state index is 11.8. The first-order valence-electron chi connectivity index (χ1n) is 6.29. The fourth-order valence-electron chi connectivity index (χ4n) is 1.91. The van der Waals surface area contributed by atoms with Crippen LogP contribution in [-0.2, 0) is 4.79 Å². The summed E-state index contributed by atoms with van der Waals surface area (Å²) in [6.45, 7) is 8.60. The van der Waals surface area contributed by atoms with Crippen LogP contribution in [-0.4, -0.2) is 5.78 Å². The zero-order valence-electron chi connectivity index (χ0n) is 11.0. The van der Waals surface area contributed by atoms with Gasteiger partial charge in [-0.1, -0.05) is 38.5 Å². The summed E-state index contributed by atoms with van der Waals surface area (Å²) < 4.78 is 0. The van der Waals surface area contributed by atoms with E-state index in [4.69, 9.17) is 0 Å². The van der Waals surface area contributed by atoms with Gasteiger partial charge in [0.2, 0.25) is 0 Å². The van der Waals surface area contributed by atoms with Crippen LogP contribution in [0.1, 0.15) is 53.4 Å². The van der Waals surface area contributed by atoms with E-state index < -0.39 is 0 Å². The van der Waals surface area contributed by atoms with E-state index in [1.807, 2.05) is 6.92 Å². The van der Waals surface area contributed by atoms with Gasteiger partial charge >= 0.3 is 0 Å². The smallest absolute Gasteiger partial charge is 0.158 e. The lowest BCUT2D eigenvalue weighted by atomic mass is 9.87. The number of allylic oxidation sites excluding steroid dienone is 4. The molecule has 0 aromatic heterocycles. The Hall–Kier alpha value is -0.850. The SMILES string of the molecule is C/C1=C/CC(C)(C)/C=C/C(=O)C(C)CCC1. The Kier molecular flexibility index (Phi) is 4.52. The summed E-state index contributed by atoms with van der Waals surface area (Å²) in [5.74, 6) is 0.463. The van der Waals surface area contributed by atoms with Gasteiger partial charge in [0.1, 0.15) is 0 Å². The molecule has 1 aliphatic carbocycles. The quantitative estimate of drug-likeness (QED) is 0.556. The van der Waals surface area contributed by atoms with Crippen molar-refractivity contribution in [3.8, 4) is 0 Å². The lowest BCUT2D eigenvalue weighted by Crippen LogP contribution is -2.10. The summed E-state index contributed by atoms with van der Waals surface area (Å²) in [5, 5.41) is 0. The average molecular weight is 220 g/mol. The van der Waals surface area contributed by atoms with Gasteiger partial charge in [-0.05, 0) is 44.1 Å². The highest BCUT2D eigenvalue weighted by molar-refractivity contribution is 5.91. The normalized spacial score (nSPS) is 32.4. The Balaban J connectivity index is 2.83. The second-order valence-electron chi connectivity index (χ2n) is 5.77. The molecule has 0 saturated heterocycles. The molecule has 90 valence electrons. The first kappa shape index (κ1) is 13.2. The van der Waals surface area contributed by atoms with E-state index in [9.17, 15) is 4.79 Å². The predicted molar refractivity (Wildman–Crippen MR) is 69.3 cm³/mol. The first-order valence-corrected chi connectivity index (χ1v) is 6.29. The maximum absolute atomic E-state index is 11.8. The predicted octanol–water partition coefficient (Wildman–Crippen LogP) is 4.29. The Labute approximate surface area is 99.6 Å². The molecule has 1 rings (SSSR count). The molecule has 0 N–H and O–H groups in total. The minimum atomic E-state index is 0.0982. The molecule has 0 fully saturated rings. The van der Waals surface area contributed by atoms with Gasteiger partial charge in [-0.15, -0.1) is 0 Å². The van der Waals surface area contributed by atoms with Gasteiger partial charge in [-0.3, -0.25) is 4.79 Å². The number of ketones is 1. The van der Waals surface area contributed by atoms with Crippen molar-refractivity contribution in [2.45, 2.75) is 53.4 Å². The molecule has 0 amide bonds. The second kappa shape index (κ2) is 5.47. The fourth-order valence-corrected chi connectivity index (χ4v) is 1.91. The van der Waals surface area contributed by atoms with Crippen LogP contribution in [0.25, 0.3) is 0 Å². The molecule has 0 aromatic carbocycles. The van der Waals surface area contributed by atoms with E-state index in [-0.39, 0.29) is 17.1 Å². The monoisotopic (exact) mass is 220 g/mol. The fraction of sp³-hybridized carbons (Fsp3) is 0.667. The van der Waals surface area contributed by atoms with Crippen LogP contribution in [0.15, 0.2) is 23.8 Å². The minimum Gasteiger partial charge on any atom is -0.295 e. The molecule has 0 radical (unpaired) electrons. The third-order valence-electron chi connectivity index (χ3n) is 3.37. The van der Waals surface area contributed by atoms with E-state index in [2.05, 4.69) is 32.9 Å². The Morgan fingerprint density at radius 2 is 2.06 bits per heavy atom. The minimum absolute atomic E-state index is 0.0982. The van der Waals surface area contributed by atoms with E-state index in [0.29, 0.717) is 0 Å². The highest BCUT2D eigenvalue weighted by Crippen LogP contribution is 2.26. The summed E-state index contributed by atoms with van der Waals surface area (Å²) in [5.41, 5.74) is 1.56. The van der Waals surface area contributed by atoms with Crippen LogP contribution in [0.4, 0.5) is 0 Å². The van der Waals surface area contributed by atoms with Gasteiger partial charge in [-0.2, -0.15) is 0 Å². The molecule has 1 atom stereocenters. The van der Waals surface area contributed by atoms with Crippen LogP contribution in [0.3, 0.4) is 0 Å². The lowest BCUT2D eigenvalue weighted by Gasteiger charge is -2.18. The number of carbonyl (C=O) groups is 1. The molecule has 0 saturated carbocycles. The molecule has 0 spiro atoms. The molecule has 1 heteroatoms. The van der Waals surface area contributed by atoms with E-state index >= 15 is 0 Å². The molecule has 0 heterocycles. The maximum Gasteiger partial charge on any atom is 0.158 e. The summed E-state index contributed by atoms with van der Waals surface area (Å²) in [6, 6.07) is 0. The van der Waals surface area contributed by atoms with Gasteiger partial charge in [0.15, 0.2) is 5.78 Å². The molecule has 0 aliphatic heterocycles. The zero-order chi connectivity index (χ0) is 12.2. The molecule has 1 unspecified atom stereocenters. The molecule has 0 bridgehead atoms. The van der Waals surface area contributed by atoms with Crippen molar-refractivity contribution in [2.75, 3.05) is 0 Å². The van der Waals surface area contributed by atoms with Crippen molar-refractivity contribution in [1.82, 2.24) is 0 Å². The van der Waals surface area contributed by atoms with Crippen LogP contribution in [0.5, 0.6) is 0 Å². The third-order valence-corrected chi connectivity index (χ3v) is 3.37. The van der Waals surface area contributed by atoms with Gasteiger partial charge in [-0.25, -0.2) is 0 Å². The Bertz CT molecular complexity index is 307. The van der Waals surface area contributed by atoms with Gasteiger partial charge < -0.3 is 0 Å². The number of rotatable bonds is 0. The van der Waals surface area contributed by atoms with Crippen LogP contribution in [0, 0.1) is 11.3 Å². The lowest BCUT2D eigenvalue weighted by molar-refractivity contribution is -0.118. The zero-order valence-corrected chi connectivity index (χ0v) is 11.0. The van der Waals surface area contributed by atoms with E-state index in [0.717, 1.165) is 25.7 Å². The third kappa shape index (κ3) is 4.34. The summed E-state index contributed by atoms with van der Waals surface area (Å²) in [4.78, 5) is 11.8. The summed E-state index contributed by atoms with van der Waals surface area (Å²) in [6.07, 6.45) is 10.5. The summed E-state index contributed by atoms with van der Waals surface area (Å²) in [7, 11) is 0. The van der Waals surface area contributed by atoms with Gasteiger partial charge in [0.05, 0.1) is 0 Å². The highest BCUT2D eigenvalue weighted by atomic mass is 16.1. The van der Waals surface area contributed by atoms with Crippen molar-refractivity contribution < 1.29 is 4.79 Å². The Morgan fingerprint density at radius 1 is 1.38 bits per heavy atom. The largest absolute Gasteiger partial charge is 0.295 e. The van der Waals surface area contributed by atoms with E-state index in [1.54, 1.807) is 6.08 Å². The van der Waals surface area contributed by atoms with Crippen LogP contribution < -0.4 is 0 Å². The highest BCUT2D eigenvalue weighted by Gasteiger charge is 2.16. The average Bonchev–Trinajstić information content (AvgIpc) is 2.23. The standard InChI is InChI=1S/C15H24O/c1-12-6-5-7-13(2)14(16)9-11-15(3,4)10-8-12/h8-9,11,13H,5-7,10H2,1-4H3/b11-9+,12-8-. The van der Waals surface area contributed by atoms with Crippen molar-refractivity contribution >= 4 is 5.78 Å². The summed E-state index contributed by atoms with van der Waals surface area (Å²) >= 11 is 0. The van der Waals surface area contributed by atoms with Crippen LogP contribution in [0.2, 0.25) is 0 Å². The topological polar surface area (TPSA) is 17.1 Å². The van der Waals surface area contributed by atoms with Crippen molar-refractivity contribution in [2.24, 2.45) is 11.3 Å². The number of carbonyl (C=O) groups excluding carboxylic acids is 1. The molecular weight excluding hydrogens is 196 g/mol. The molecule has 16 heavy (non-hydrogen) atoms. The number of hydrogen-bond acceptors (Lipinski definition) is 1. The van der Waals surface area contributed by atoms with Crippen molar-refractivity contribution in [1.29, 1.82) is 0 Å². The first-order chi connectivity index (χ1) is 7.41. The van der Waals surface area contributed by atoms with E-state index in [1.165, 1.54) is 5.57 Å². The van der Waals surface area contributed by atoms with Crippen molar-refractivity contribution in [3.63, 3.8) is 0 Å². The van der Waals surface area contributed by atoms with Crippen molar-refractivity contribution in [3.05, 3.63) is 23.8 Å². The second-order valence-corrected chi connectivity index (χ2v) is 5.77. The van der Waals surface area contributed by atoms with Gasteiger partial charge in [0.25, 0.3) is 0 Å².